The summed E-state index contributed by atoms with van der Waals surface area (Å²) < 4.78 is 36.6. The molecule has 2 aromatic carbocycles. The monoisotopic (exact) mass is 576 g/mol. The predicted molar refractivity (Wildman–Crippen MR) is 149 cm³/mol. The van der Waals surface area contributed by atoms with E-state index in [0.717, 1.165) is 6.42 Å². The molecule has 2 N–H and O–H groups in total. The smallest absolute Gasteiger partial charge is 0.320 e. The Morgan fingerprint density at radius 2 is 2.10 bits per heavy atom. The number of nitrogens with one attached hydrogen (secondary N) is 1. The first-order chi connectivity index (χ1) is 19.1. The van der Waals surface area contributed by atoms with Crippen LogP contribution in [0.15, 0.2) is 36.7 Å². The van der Waals surface area contributed by atoms with E-state index in [1.165, 1.54) is 18.5 Å². The lowest BCUT2D eigenvalue weighted by Crippen LogP contribution is -2.43. The predicted octanol–water partition coefficient (Wildman–Crippen LogP) is 4.35. The van der Waals surface area contributed by atoms with E-state index in [2.05, 4.69) is 15.3 Å². The molecule has 12 heteroatoms. The number of aromatic nitrogens is 2. The number of anilines is 2. The molecule has 0 spiro atoms. The van der Waals surface area contributed by atoms with Crippen molar-refractivity contribution in [2.24, 2.45) is 0 Å². The molecule has 1 unspecified atom stereocenters. The van der Waals surface area contributed by atoms with Crippen molar-refractivity contribution < 1.29 is 33.2 Å². The third kappa shape index (κ3) is 8.37. The minimum atomic E-state index is -1.01. The van der Waals surface area contributed by atoms with Gasteiger partial charge in [-0.1, -0.05) is 11.6 Å². The Morgan fingerprint density at radius 1 is 1.27 bits per heavy atom. The molecular weight excluding hydrogens is 543 g/mol. The van der Waals surface area contributed by atoms with E-state index in [0.29, 0.717) is 53.7 Å². The lowest BCUT2D eigenvalue weighted by atomic mass is 10.1. The number of hydrogen-bond acceptors (Lipinski definition) is 10. The summed E-state index contributed by atoms with van der Waals surface area (Å²) in [5, 5.41) is 14.1. The molecule has 40 heavy (non-hydrogen) atoms. The van der Waals surface area contributed by atoms with Crippen molar-refractivity contribution in [1.82, 2.24) is 14.9 Å². The number of nitrogens with zero attached hydrogens (tertiary/aromatic N) is 3. The van der Waals surface area contributed by atoms with Gasteiger partial charge in [0.05, 0.1) is 42.5 Å². The van der Waals surface area contributed by atoms with Crippen LogP contribution in [0.4, 0.5) is 15.9 Å². The Morgan fingerprint density at radius 3 is 2.80 bits per heavy atom. The molecule has 1 saturated heterocycles. The fourth-order valence-corrected chi connectivity index (χ4v) is 4.48. The molecule has 1 aromatic heterocycles. The summed E-state index contributed by atoms with van der Waals surface area (Å²) in [5.41, 5.74) is 0.142. The standard InChI is InChI=1S/C28H34ClFN4O6/c1-4-38-26(35)14-34(16-28(2,3)36)8-10-39-24-13-23-20(12-25(24)40-19-7-9-37-15-19)27(32-17-31-23)33-18-5-6-22(30)21(29)11-18/h5-6,11-13,17,19,36H,4,7-10,14-16H2,1-3H3,(H,31,32,33). The second-order valence-electron chi connectivity index (χ2n) is 10.1. The van der Waals surface area contributed by atoms with Crippen LogP contribution >= 0.6 is 11.6 Å². The van der Waals surface area contributed by atoms with Crippen LogP contribution in [0.3, 0.4) is 0 Å². The summed E-state index contributed by atoms with van der Waals surface area (Å²) in [7, 11) is 0. The fourth-order valence-electron chi connectivity index (χ4n) is 4.30. The van der Waals surface area contributed by atoms with Gasteiger partial charge in [-0.15, -0.1) is 0 Å². The summed E-state index contributed by atoms with van der Waals surface area (Å²) in [5.74, 6) is 0.546. The summed E-state index contributed by atoms with van der Waals surface area (Å²) in [6.07, 6.45) is 2.00. The highest BCUT2D eigenvalue weighted by molar-refractivity contribution is 6.31. The average Bonchev–Trinajstić information content (AvgIpc) is 3.39. The Balaban J connectivity index is 1.57. The van der Waals surface area contributed by atoms with Gasteiger partial charge in [-0.25, -0.2) is 14.4 Å². The quantitative estimate of drug-likeness (QED) is 0.285. The van der Waals surface area contributed by atoms with Gasteiger partial charge < -0.3 is 29.4 Å². The Bertz CT molecular complexity index is 1320. The maximum Gasteiger partial charge on any atom is 0.320 e. The van der Waals surface area contributed by atoms with E-state index in [1.807, 2.05) is 0 Å². The molecule has 1 aliphatic rings. The summed E-state index contributed by atoms with van der Waals surface area (Å²) in [6, 6.07) is 7.87. The van der Waals surface area contributed by atoms with E-state index < -0.39 is 11.4 Å². The van der Waals surface area contributed by atoms with Gasteiger partial charge in [-0.05, 0) is 45.0 Å². The molecule has 1 fully saturated rings. The minimum absolute atomic E-state index is 0.00844. The van der Waals surface area contributed by atoms with Crippen LogP contribution in [-0.2, 0) is 14.3 Å². The van der Waals surface area contributed by atoms with E-state index in [9.17, 15) is 14.3 Å². The molecule has 3 aromatic rings. The first-order valence-electron chi connectivity index (χ1n) is 13.1. The number of esters is 1. The molecule has 4 rings (SSSR count). The van der Waals surface area contributed by atoms with Crippen molar-refractivity contribution in [2.45, 2.75) is 38.9 Å². The highest BCUT2D eigenvalue weighted by Crippen LogP contribution is 2.36. The van der Waals surface area contributed by atoms with Gasteiger partial charge in [0.1, 0.15) is 30.7 Å². The number of hydrogen-bond donors (Lipinski definition) is 2. The van der Waals surface area contributed by atoms with Crippen LogP contribution in [0.25, 0.3) is 10.9 Å². The second-order valence-corrected chi connectivity index (χ2v) is 10.5. The average molecular weight is 577 g/mol. The molecule has 0 amide bonds. The SMILES string of the molecule is CCOC(=O)CN(CCOc1cc2ncnc(Nc3ccc(F)c(Cl)c3)c2cc1OC1CCOC1)CC(C)(C)O. The molecule has 0 bridgehead atoms. The maximum absolute atomic E-state index is 13.6. The highest BCUT2D eigenvalue weighted by Gasteiger charge is 2.23. The molecule has 0 radical (unpaired) electrons. The largest absolute Gasteiger partial charge is 0.488 e. The van der Waals surface area contributed by atoms with Crippen molar-refractivity contribution in [1.29, 1.82) is 0 Å². The minimum Gasteiger partial charge on any atom is -0.488 e. The van der Waals surface area contributed by atoms with Gasteiger partial charge in [0.2, 0.25) is 0 Å². The number of aliphatic hydroxyl groups is 1. The van der Waals surface area contributed by atoms with Gasteiger partial charge in [-0.2, -0.15) is 0 Å². The molecule has 2 heterocycles. The fraction of sp³-hybridized carbons (Fsp3) is 0.464. The summed E-state index contributed by atoms with van der Waals surface area (Å²) in [4.78, 5) is 22.6. The van der Waals surface area contributed by atoms with E-state index in [1.54, 1.807) is 43.9 Å². The number of fused-ring (bicyclic) bond motifs is 1. The van der Waals surface area contributed by atoms with Crippen LogP contribution in [-0.4, -0.2) is 83.7 Å². The Labute approximate surface area is 237 Å². The molecule has 1 atom stereocenters. The lowest BCUT2D eigenvalue weighted by molar-refractivity contribution is -0.145. The molecule has 0 saturated carbocycles. The number of benzene rings is 2. The summed E-state index contributed by atoms with van der Waals surface area (Å²) in [6.45, 7) is 7.29. The van der Waals surface area contributed by atoms with Crippen LogP contribution in [0, 0.1) is 5.82 Å². The lowest BCUT2D eigenvalue weighted by Gasteiger charge is -2.28. The first-order valence-corrected chi connectivity index (χ1v) is 13.5. The van der Waals surface area contributed by atoms with Crippen molar-refractivity contribution in [3.8, 4) is 11.5 Å². The third-order valence-corrected chi connectivity index (χ3v) is 6.29. The van der Waals surface area contributed by atoms with Crippen molar-refractivity contribution in [2.75, 3.05) is 51.4 Å². The number of carbonyl (C=O) groups is 1. The van der Waals surface area contributed by atoms with Crippen LogP contribution < -0.4 is 14.8 Å². The van der Waals surface area contributed by atoms with Crippen molar-refractivity contribution in [3.63, 3.8) is 0 Å². The third-order valence-electron chi connectivity index (χ3n) is 6.00. The van der Waals surface area contributed by atoms with Gasteiger partial charge in [0.15, 0.2) is 11.5 Å². The van der Waals surface area contributed by atoms with Crippen LogP contribution in [0.5, 0.6) is 11.5 Å². The van der Waals surface area contributed by atoms with Crippen LogP contribution in [0.1, 0.15) is 27.2 Å². The molecule has 0 aliphatic carbocycles. The zero-order valence-corrected chi connectivity index (χ0v) is 23.5. The summed E-state index contributed by atoms with van der Waals surface area (Å²) >= 11 is 5.95. The maximum atomic E-state index is 13.6. The Hall–Kier alpha value is -3.25. The van der Waals surface area contributed by atoms with Crippen molar-refractivity contribution >= 4 is 40.0 Å². The second kappa shape index (κ2) is 13.4. The van der Waals surface area contributed by atoms with Gasteiger partial charge >= 0.3 is 5.97 Å². The number of ether oxygens (including phenoxy) is 4. The van der Waals surface area contributed by atoms with E-state index in [-0.39, 0.29) is 43.4 Å². The van der Waals surface area contributed by atoms with E-state index in [4.69, 9.17) is 30.5 Å². The van der Waals surface area contributed by atoms with Gasteiger partial charge in [0.25, 0.3) is 0 Å². The molecular formula is C28H34ClFN4O6. The number of rotatable bonds is 13. The molecule has 10 nitrogen and oxygen atoms in total. The number of carbonyl (C=O) groups excluding carboxylic acids is 1. The Kier molecular flexibility index (Phi) is 9.96. The number of halogens is 2. The van der Waals surface area contributed by atoms with Gasteiger partial charge in [0, 0.05) is 36.7 Å². The highest BCUT2D eigenvalue weighted by atomic mass is 35.5. The first kappa shape index (κ1) is 29.7. The topological polar surface area (TPSA) is 115 Å². The normalized spacial score (nSPS) is 15.4. The van der Waals surface area contributed by atoms with Gasteiger partial charge in [-0.3, -0.25) is 9.69 Å². The van der Waals surface area contributed by atoms with E-state index >= 15 is 0 Å². The molecule has 216 valence electrons. The van der Waals surface area contributed by atoms with Crippen LogP contribution in [0.2, 0.25) is 5.02 Å². The zero-order valence-electron chi connectivity index (χ0n) is 22.8. The van der Waals surface area contributed by atoms with Crippen molar-refractivity contribution in [3.05, 3.63) is 47.5 Å². The zero-order chi connectivity index (χ0) is 28.7. The molecule has 1 aliphatic heterocycles.